The molecular weight excluding hydrogens is 204 g/mol. The number of esters is 1. The molecule has 4 nitrogen and oxygen atoms in total. The first-order valence-electron chi connectivity index (χ1n) is 5.32. The van der Waals surface area contributed by atoms with Gasteiger partial charge in [0.1, 0.15) is 6.04 Å². The van der Waals surface area contributed by atoms with Crippen LogP contribution in [0.25, 0.3) is 0 Å². The summed E-state index contributed by atoms with van der Waals surface area (Å²) in [5.74, 6) is -0.360. The van der Waals surface area contributed by atoms with E-state index in [0.29, 0.717) is 6.42 Å². The predicted octanol–water partition coefficient (Wildman–Crippen LogP) is 1.09. The number of anilines is 1. The third-order valence-corrected chi connectivity index (χ3v) is 2.52. The molecule has 0 radical (unpaired) electrons. The van der Waals surface area contributed by atoms with Crippen LogP contribution >= 0.6 is 0 Å². The number of hydrogen-bond acceptors (Lipinski definition) is 4. The van der Waals surface area contributed by atoms with Crippen molar-refractivity contribution >= 4 is 11.7 Å². The van der Waals surface area contributed by atoms with Crippen LogP contribution in [0.4, 0.5) is 5.69 Å². The number of benzene rings is 1. The Morgan fingerprint density at radius 3 is 2.75 bits per heavy atom. The highest BCUT2D eigenvalue weighted by Crippen LogP contribution is 2.14. The van der Waals surface area contributed by atoms with Gasteiger partial charge < -0.3 is 16.2 Å². The van der Waals surface area contributed by atoms with Crippen LogP contribution in [0, 0.1) is 0 Å². The molecule has 4 N–H and O–H groups in total. The van der Waals surface area contributed by atoms with E-state index in [1.807, 2.05) is 24.3 Å². The Morgan fingerprint density at radius 2 is 2.12 bits per heavy atom. The molecule has 1 aromatic carbocycles. The Hall–Kier alpha value is -1.55. The maximum Gasteiger partial charge on any atom is 0.322 e. The van der Waals surface area contributed by atoms with Crippen molar-refractivity contribution in [3.63, 3.8) is 0 Å². The second-order valence-corrected chi connectivity index (χ2v) is 3.72. The second-order valence-electron chi connectivity index (χ2n) is 3.72. The van der Waals surface area contributed by atoms with E-state index in [-0.39, 0.29) is 5.97 Å². The third-order valence-electron chi connectivity index (χ3n) is 2.52. The van der Waals surface area contributed by atoms with Gasteiger partial charge in [0.15, 0.2) is 0 Å². The number of rotatable bonds is 5. The molecule has 0 heterocycles. The van der Waals surface area contributed by atoms with Gasteiger partial charge in [-0.2, -0.15) is 0 Å². The van der Waals surface area contributed by atoms with E-state index in [0.717, 1.165) is 24.1 Å². The van der Waals surface area contributed by atoms with E-state index in [1.54, 1.807) is 0 Å². The summed E-state index contributed by atoms with van der Waals surface area (Å²) in [7, 11) is 1.34. The zero-order valence-electron chi connectivity index (χ0n) is 9.48. The molecule has 0 saturated heterocycles. The largest absolute Gasteiger partial charge is 0.468 e. The highest BCUT2D eigenvalue weighted by molar-refractivity contribution is 5.75. The van der Waals surface area contributed by atoms with Crippen molar-refractivity contribution in [2.75, 3.05) is 12.8 Å². The van der Waals surface area contributed by atoms with Crippen LogP contribution in [-0.2, 0) is 16.0 Å². The first-order valence-corrected chi connectivity index (χ1v) is 5.32. The maximum absolute atomic E-state index is 11.0. The summed E-state index contributed by atoms with van der Waals surface area (Å²) in [6.07, 6.45) is 2.27. The minimum absolute atomic E-state index is 0.360. The number of ether oxygens (including phenoxy) is 1. The van der Waals surface area contributed by atoms with Gasteiger partial charge >= 0.3 is 5.97 Å². The molecule has 0 amide bonds. The standard InChI is InChI=1S/C12H18N2O2/c1-16-12(15)11(14)8-4-6-9-5-2-3-7-10(9)13/h2-3,5,7,11H,4,6,8,13-14H2,1H3. The molecular formula is C12H18N2O2. The lowest BCUT2D eigenvalue weighted by Crippen LogP contribution is -2.31. The van der Waals surface area contributed by atoms with Crippen molar-refractivity contribution in [2.45, 2.75) is 25.3 Å². The molecule has 88 valence electrons. The fourth-order valence-electron chi connectivity index (χ4n) is 1.54. The van der Waals surface area contributed by atoms with Crippen molar-refractivity contribution in [2.24, 2.45) is 5.73 Å². The summed E-state index contributed by atoms with van der Waals surface area (Å²) in [6.45, 7) is 0. The molecule has 1 aromatic rings. The summed E-state index contributed by atoms with van der Waals surface area (Å²) in [4.78, 5) is 11.0. The van der Waals surface area contributed by atoms with Gasteiger partial charge in [0.05, 0.1) is 7.11 Å². The summed E-state index contributed by atoms with van der Waals surface area (Å²) in [6, 6.07) is 7.18. The maximum atomic E-state index is 11.0. The van der Waals surface area contributed by atoms with Gasteiger partial charge in [0.25, 0.3) is 0 Å². The number of aryl methyl sites for hydroxylation is 1. The van der Waals surface area contributed by atoms with Gasteiger partial charge in [-0.25, -0.2) is 0 Å². The Kier molecular flexibility index (Phi) is 4.79. The first kappa shape index (κ1) is 12.5. The SMILES string of the molecule is COC(=O)C(N)CCCc1ccccc1N. The lowest BCUT2D eigenvalue weighted by molar-refractivity contribution is -0.142. The normalized spacial score (nSPS) is 12.1. The molecule has 0 aliphatic carbocycles. The monoisotopic (exact) mass is 222 g/mol. The van der Waals surface area contributed by atoms with Crippen molar-refractivity contribution < 1.29 is 9.53 Å². The highest BCUT2D eigenvalue weighted by atomic mass is 16.5. The zero-order valence-corrected chi connectivity index (χ0v) is 9.48. The second kappa shape index (κ2) is 6.12. The third kappa shape index (κ3) is 3.55. The molecule has 0 aliphatic heterocycles. The zero-order chi connectivity index (χ0) is 12.0. The Morgan fingerprint density at radius 1 is 1.44 bits per heavy atom. The Labute approximate surface area is 95.6 Å². The number of hydrogen-bond donors (Lipinski definition) is 2. The molecule has 0 fully saturated rings. The molecule has 0 aromatic heterocycles. The quantitative estimate of drug-likeness (QED) is 0.577. The van der Waals surface area contributed by atoms with E-state index < -0.39 is 6.04 Å². The minimum Gasteiger partial charge on any atom is -0.468 e. The van der Waals surface area contributed by atoms with Gasteiger partial charge in [0.2, 0.25) is 0 Å². The van der Waals surface area contributed by atoms with E-state index in [4.69, 9.17) is 11.5 Å². The van der Waals surface area contributed by atoms with Crippen LogP contribution in [0.1, 0.15) is 18.4 Å². The molecule has 1 unspecified atom stereocenters. The van der Waals surface area contributed by atoms with E-state index in [1.165, 1.54) is 7.11 Å². The molecule has 0 aliphatic rings. The van der Waals surface area contributed by atoms with E-state index >= 15 is 0 Å². The average Bonchev–Trinajstić information content (AvgIpc) is 2.30. The fraction of sp³-hybridized carbons (Fsp3) is 0.417. The smallest absolute Gasteiger partial charge is 0.322 e. The average molecular weight is 222 g/mol. The van der Waals surface area contributed by atoms with Crippen molar-refractivity contribution in [1.29, 1.82) is 0 Å². The van der Waals surface area contributed by atoms with Crippen LogP contribution in [-0.4, -0.2) is 19.1 Å². The molecule has 0 bridgehead atoms. The van der Waals surface area contributed by atoms with Crippen LogP contribution in [0.2, 0.25) is 0 Å². The Balaban J connectivity index is 2.36. The van der Waals surface area contributed by atoms with Crippen LogP contribution in [0.15, 0.2) is 24.3 Å². The molecule has 4 heteroatoms. The van der Waals surface area contributed by atoms with Gasteiger partial charge in [-0.05, 0) is 30.9 Å². The van der Waals surface area contributed by atoms with Crippen molar-refractivity contribution in [3.8, 4) is 0 Å². The predicted molar refractivity (Wildman–Crippen MR) is 63.8 cm³/mol. The van der Waals surface area contributed by atoms with Crippen molar-refractivity contribution in [1.82, 2.24) is 0 Å². The van der Waals surface area contributed by atoms with E-state index in [2.05, 4.69) is 4.74 Å². The van der Waals surface area contributed by atoms with Gasteiger partial charge in [-0.3, -0.25) is 4.79 Å². The van der Waals surface area contributed by atoms with Crippen LogP contribution in [0.3, 0.4) is 0 Å². The molecule has 16 heavy (non-hydrogen) atoms. The number of methoxy groups -OCH3 is 1. The lowest BCUT2D eigenvalue weighted by Gasteiger charge is -2.09. The minimum atomic E-state index is -0.532. The highest BCUT2D eigenvalue weighted by Gasteiger charge is 2.12. The summed E-state index contributed by atoms with van der Waals surface area (Å²) >= 11 is 0. The molecule has 1 atom stereocenters. The summed E-state index contributed by atoms with van der Waals surface area (Å²) in [5.41, 5.74) is 13.3. The number of nitrogen functional groups attached to an aromatic ring is 1. The topological polar surface area (TPSA) is 78.3 Å². The Bertz CT molecular complexity index is 353. The number of carbonyl (C=O) groups excluding carboxylic acids is 1. The van der Waals surface area contributed by atoms with Gasteiger partial charge in [0, 0.05) is 5.69 Å². The molecule has 1 rings (SSSR count). The first-order chi connectivity index (χ1) is 7.65. The van der Waals surface area contributed by atoms with Crippen LogP contribution in [0.5, 0.6) is 0 Å². The van der Waals surface area contributed by atoms with Gasteiger partial charge in [-0.15, -0.1) is 0 Å². The molecule has 0 saturated carbocycles. The van der Waals surface area contributed by atoms with Crippen LogP contribution < -0.4 is 11.5 Å². The number of para-hydroxylation sites is 1. The lowest BCUT2D eigenvalue weighted by atomic mass is 10.0. The van der Waals surface area contributed by atoms with Crippen molar-refractivity contribution in [3.05, 3.63) is 29.8 Å². The molecule has 0 spiro atoms. The number of carbonyl (C=O) groups is 1. The fourth-order valence-corrected chi connectivity index (χ4v) is 1.54. The number of nitrogens with two attached hydrogens (primary N) is 2. The van der Waals surface area contributed by atoms with E-state index in [9.17, 15) is 4.79 Å². The summed E-state index contributed by atoms with van der Waals surface area (Å²) < 4.78 is 4.55. The van der Waals surface area contributed by atoms with Gasteiger partial charge in [-0.1, -0.05) is 18.2 Å². The summed E-state index contributed by atoms with van der Waals surface area (Å²) in [5, 5.41) is 0.